The van der Waals surface area contributed by atoms with Crippen molar-refractivity contribution in [3.63, 3.8) is 0 Å². The van der Waals surface area contributed by atoms with Crippen LogP contribution in [0, 0.1) is 0 Å². The maximum absolute atomic E-state index is 11.1. The molecule has 0 radical (unpaired) electrons. The molecule has 1 unspecified atom stereocenters. The molecule has 0 aliphatic rings. The van der Waals surface area contributed by atoms with Crippen LogP contribution in [0.25, 0.3) is 11.0 Å². The molecule has 0 fully saturated rings. The summed E-state index contributed by atoms with van der Waals surface area (Å²) in [7, 11) is 0. The number of para-hydroxylation sites is 3. The van der Waals surface area contributed by atoms with Crippen LogP contribution in [0.5, 0.6) is 5.75 Å². The number of aliphatic hydroxyl groups is 1. The lowest BCUT2D eigenvalue weighted by atomic mass is 10.2. The fourth-order valence-corrected chi connectivity index (χ4v) is 2.39. The standard InChI is InChI=1S/C17H16N2O4/c20-12(9-19-11-18-14-6-2-3-7-15(14)19)10-23-16-8-4-1-5-13(16)17(21)22/h1-8,11-12,20H,9-10H2,(H,21,22). The number of benzene rings is 2. The van der Waals surface area contributed by atoms with E-state index in [1.54, 1.807) is 24.5 Å². The molecule has 1 atom stereocenters. The monoisotopic (exact) mass is 312 g/mol. The summed E-state index contributed by atoms with van der Waals surface area (Å²) in [6.45, 7) is 0.312. The molecular formula is C17H16N2O4. The molecule has 0 bridgehead atoms. The fourth-order valence-electron chi connectivity index (χ4n) is 2.39. The average molecular weight is 312 g/mol. The minimum absolute atomic E-state index is 0.00317. The van der Waals surface area contributed by atoms with E-state index in [2.05, 4.69) is 4.98 Å². The molecule has 118 valence electrons. The van der Waals surface area contributed by atoms with Crippen molar-refractivity contribution in [3.8, 4) is 5.75 Å². The van der Waals surface area contributed by atoms with E-state index >= 15 is 0 Å². The number of nitrogens with zero attached hydrogens (tertiary/aromatic N) is 2. The number of ether oxygens (including phenoxy) is 1. The Kier molecular flexibility index (Phi) is 4.25. The molecule has 3 rings (SSSR count). The van der Waals surface area contributed by atoms with Crippen LogP contribution in [0.2, 0.25) is 0 Å². The Labute approximate surface area is 132 Å². The number of aliphatic hydroxyl groups excluding tert-OH is 1. The number of hydrogen-bond donors (Lipinski definition) is 2. The van der Waals surface area contributed by atoms with E-state index < -0.39 is 12.1 Å². The van der Waals surface area contributed by atoms with E-state index in [9.17, 15) is 9.90 Å². The smallest absolute Gasteiger partial charge is 0.339 e. The highest BCUT2D eigenvalue weighted by atomic mass is 16.5. The van der Waals surface area contributed by atoms with Crippen LogP contribution < -0.4 is 4.74 Å². The molecular weight excluding hydrogens is 296 g/mol. The summed E-state index contributed by atoms with van der Waals surface area (Å²) < 4.78 is 7.30. The van der Waals surface area contributed by atoms with Gasteiger partial charge in [0.1, 0.15) is 24.0 Å². The number of carboxylic acid groups (broad SMARTS) is 1. The van der Waals surface area contributed by atoms with Gasteiger partial charge in [-0.2, -0.15) is 0 Å². The third-order valence-electron chi connectivity index (χ3n) is 3.48. The fraction of sp³-hybridized carbons (Fsp3) is 0.176. The normalized spacial score (nSPS) is 12.2. The van der Waals surface area contributed by atoms with Gasteiger partial charge in [-0.15, -0.1) is 0 Å². The summed E-state index contributed by atoms with van der Waals surface area (Å²) in [6.07, 6.45) is 0.883. The van der Waals surface area contributed by atoms with Crippen molar-refractivity contribution in [1.82, 2.24) is 9.55 Å². The average Bonchev–Trinajstić information content (AvgIpc) is 2.96. The molecule has 3 aromatic rings. The summed E-state index contributed by atoms with van der Waals surface area (Å²) in [4.78, 5) is 15.4. The first-order chi connectivity index (χ1) is 11.1. The predicted octanol–water partition coefficient (Wildman–Crippen LogP) is 2.17. The molecule has 2 N–H and O–H groups in total. The van der Waals surface area contributed by atoms with Crippen LogP contribution in [0.1, 0.15) is 10.4 Å². The highest BCUT2D eigenvalue weighted by molar-refractivity contribution is 5.90. The van der Waals surface area contributed by atoms with Crippen LogP contribution in [-0.2, 0) is 6.54 Å². The minimum atomic E-state index is -1.06. The number of fused-ring (bicyclic) bond motifs is 1. The Hall–Kier alpha value is -2.86. The zero-order chi connectivity index (χ0) is 16.2. The van der Waals surface area contributed by atoms with Gasteiger partial charge >= 0.3 is 5.97 Å². The summed E-state index contributed by atoms with van der Waals surface area (Å²) in [6, 6.07) is 14.0. The second-order valence-electron chi connectivity index (χ2n) is 5.15. The van der Waals surface area contributed by atoms with E-state index in [0.717, 1.165) is 11.0 Å². The zero-order valence-corrected chi connectivity index (χ0v) is 12.3. The Bertz CT molecular complexity index is 828. The lowest BCUT2D eigenvalue weighted by Crippen LogP contribution is -2.23. The number of carbonyl (C=O) groups is 1. The maximum Gasteiger partial charge on any atom is 0.339 e. The van der Waals surface area contributed by atoms with Gasteiger partial charge in [0.05, 0.1) is 23.9 Å². The van der Waals surface area contributed by atoms with Crippen molar-refractivity contribution in [3.05, 3.63) is 60.4 Å². The Balaban J connectivity index is 1.66. The summed E-state index contributed by atoms with van der Waals surface area (Å²) >= 11 is 0. The highest BCUT2D eigenvalue weighted by Gasteiger charge is 2.13. The first kappa shape index (κ1) is 15.1. The van der Waals surface area contributed by atoms with Crippen LogP contribution in [-0.4, -0.2) is 38.4 Å². The van der Waals surface area contributed by atoms with Crippen molar-refractivity contribution in [1.29, 1.82) is 0 Å². The lowest BCUT2D eigenvalue weighted by molar-refractivity contribution is 0.0678. The van der Waals surface area contributed by atoms with E-state index in [4.69, 9.17) is 9.84 Å². The van der Waals surface area contributed by atoms with Gasteiger partial charge in [-0.05, 0) is 24.3 Å². The molecule has 0 spiro atoms. The van der Waals surface area contributed by atoms with Gasteiger partial charge in [0.25, 0.3) is 0 Å². The van der Waals surface area contributed by atoms with E-state index in [0.29, 0.717) is 6.54 Å². The van der Waals surface area contributed by atoms with Crippen LogP contribution in [0.3, 0.4) is 0 Å². The number of carboxylic acids is 1. The largest absolute Gasteiger partial charge is 0.490 e. The van der Waals surface area contributed by atoms with E-state index in [1.807, 2.05) is 28.8 Å². The molecule has 1 aromatic heterocycles. The molecule has 0 aliphatic carbocycles. The summed E-state index contributed by atoms with van der Waals surface area (Å²) in [5.74, 6) is -0.815. The summed E-state index contributed by atoms with van der Waals surface area (Å²) in [5.41, 5.74) is 1.86. The highest BCUT2D eigenvalue weighted by Crippen LogP contribution is 2.18. The van der Waals surface area contributed by atoms with Gasteiger partial charge in [0.2, 0.25) is 0 Å². The topological polar surface area (TPSA) is 84.6 Å². The second kappa shape index (κ2) is 6.50. The first-order valence-electron chi connectivity index (χ1n) is 7.18. The number of aromatic nitrogens is 2. The molecule has 0 amide bonds. The number of imidazole rings is 1. The Morgan fingerprint density at radius 3 is 2.74 bits per heavy atom. The SMILES string of the molecule is O=C(O)c1ccccc1OCC(O)Cn1cnc2ccccc21. The first-order valence-corrected chi connectivity index (χ1v) is 7.18. The summed E-state index contributed by atoms with van der Waals surface area (Å²) in [5, 5.41) is 19.3. The van der Waals surface area contributed by atoms with Crippen molar-refractivity contribution in [2.45, 2.75) is 12.6 Å². The molecule has 1 heterocycles. The third kappa shape index (κ3) is 3.32. The molecule has 6 nitrogen and oxygen atoms in total. The van der Waals surface area contributed by atoms with Gasteiger partial charge in [-0.3, -0.25) is 0 Å². The lowest BCUT2D eigenvalue weighted by Gasteiger charge is -2.14. The Morgan fingerprint density at radius 2 is 1.91 bits per heavy atom. The molecule has 6 heteroatoms. The Morgan fingerprint density at radius 1 is 1.17 bits per heavy atom. The number of hydrogen-bond acceptors (Lipinski definition) is 4. The maximum atomic E-state index is 11.1. The minimum Gasteiger partial charge on any atom is -0.490 e. The molecule has 0 aliphatic heterocycles. The second-order valence-corrected chi connectivity index (χ2v) is 5.15. The van der Waals surface area contributed by atoms with Crippen LogP contribution in [0.4, 0.5) is 0 Å². The molecule has 0 saturated heterocycles. The number of aromatic carboxylic acids is 1. The van der Waals surface area contributed by atoms with Gasteiger partial charge in [-0.1, -0.05) is 24.3 Å². The van der Waals surface area contributed by atoms with Gasteiger partial charge in [-0.25, -0.2) is 9.78 Å². The predicted molar refractivity (Wildman–Crippen MR) is 84.6 cm³/mol. The molecule has 0 saturated carbocycles. The van der Waals surface area contributed by atoms with Gasteiger partial charge in [0, 0.05) is 0 Å². The van der Waals surface area contributed by atoms with E-state index in [1.165, 1.54) is 6.07 Å². The van der Waals surface area contributed by atoms with Gasteiger partial charge < -0.3 is 19.5 Å². The van der Waals surface area contributed by atoms with E-state index in [-0.39, 0.29) is 17.9 Å². The van der Waals surface area contributed by atoms with Crippen LogP contribution in [0.15, 0.2) is 54.9 Å². The van der Waals surface area contributed by atoms with Crippen molar-refractivity contribution < 1.29 is 19.7 Å². The van der Waals surface area contributed by atoms with Crippen molar-refractivity contribution in [2.24, 2.45) is 0 Å². The van der Waals surface area contributed by atoms with Gasteiger partial charge in [0.15, 0.2) is 0 Å². The van der Waals surface area contributed by atoms with Crippen LogP contribution >= 0.6 is 0 Å². The number of rotatable bonds is 6. The third-order valence-corrected chi connectivity index (χ3v) is 3.48. The zero-order valence-electron chi connectivity index (χ0n) is 12.3. The van der Waals surface area contributed by atoms with Crippen molar-refractivity contribution >= 4 is 17.0 Å². The van der Waals surface area contributed by atoms with Crippen molar-refractivity contribution in [2.75, 3.05) is 6.61 Å². The molecule has 2 aromatic carbocycles. The quantitative estimate of drug-likeness (QED) is 0.729. The molecule has 23 heavy (non-hydrogen) atoms.